The van der Waals surface area contributed by atoms with Crippen LogP contribution in [0.25, 0.3) is 0 Å². The first kappa shape index (κ1) is 23.9. The number of likely N-dealkylation sites (N-methyl/N-ethyl adjacent to an activating group) is 1. The first-order chi connectivity index (χ1) is 14.7. The van der Waals surface area contributed by atoms with Gasteiger partial charge in [-0.1, -0.05) is 31.5 Å². The fourth-order valence-corrected chi connectivity index (χ4v) is 4.48. The standard InChI is InChI=1S/C23H36F3N5/c1-18(16-31-12-10-30(3)11-13-31)15-28-21(27-2)29-17-22(8-5-9-22)19-6-4-7-20(14-19)23(24,25)26/h4,6-7,14,18H,5,8-13,15-17H2,1-3H3,(H2,27,28,29). The Morgan fingerprint density at radius 1 is 1.16 bits per heavy atom. The van der Waals surface area contributed by atoms with Crippen LogP contribution in [-0.2, 0) is 11.6 Å². The van der Waals surface area contributed by atoms with E-state index in [1.54, 1.807) is 7.05 Å². The van der Waals surface area contributed by atoms with Crippen molar-refractivity contribution in [2.75, 3.05) is 59.9 Å². The number of halogens is 3. The van der Waals surface area contributed by atoms with E-state index in [1.165, 1.54) is 12.1 Å². The summed E-state index contributed by atoms with van der Waals surface area (Å²) in [5, 5.41) is 6.77. The maximum Gasteiger partial charge on any atom is 0.416 e. The lowest BCUT2D eigenvalue weighted by Gasteiger charge is -2.43. The predicted octanol–water partition coefficient (Wildman–Crippen LogP) is 3.18. The Morgan fingerprint density at radius 2 is 1.87 bits per heavy atom. The van der Waals surface area contributed by atoms with Crippen molar-refractivity contribution in [1.82, 2.24) is 20.4 Å². The van der Waals surface area contributed by atoms with Gasteiger partial charge in [0.05, 0.1) is 5.56 Å². The van der Waals surface area contributed by atoms with Gasteiger partial charge in [0, 0.05) is 58.3 Å². The SMILES string of the molecule is CN=C(NCC(C)CN1CCN(C)CC1)NCC1(c2cccc(C(F)(F)F)c2)CCC1. The van der Waals surface area contributed by atoms with Crippen molar-refractivity contribution < 1.29 is 13.2 Å². The monoisotopic (exact) mass is 439 g/mol. The summed E-state index contributed by atoms with van der Waals surface area (Å²) in [6, 6.07) is 5.80. The topological polar surface area (TPSA) is 42.9 Å². The highest BCUT2D eigenvalue weighted by Crippen LogP contribution is 2.44. The molecule has 0 amide bonds. The molecule has 1 saturated heterocycles. The van der Waals surface area contributed by atoms with Crippen LogP contribution in [0.1, 0.15) is 37.3 Å². The molecule has 1 aliphatic carbocycles. The van der Waals surface area contributed by atoms with Crippen LogP contribution in [-0.4, -0.2) is 75.7 Å². The largest absolute Gasteiger partial charge is 0.416 e. The molecule has 0 bridgehead atoms. The number of hydrogen-bond acceptors (Lipinski definition) is 3. The van der Waals surface area contributed by atoms with E-state index in [2.05, 4.69) is 39.4 Å². The molecule has 1 saturated carbocycles. The summed E-state index contributed by atoms with van der Waals surface area (Å²) in [5.74, 6) is 1.19. The molecule has 1 heterocycles. The Bertz CT molecular complexity index is 737. The minimum absolute atomic E-state index is 0.260. The smallest absolute Gasteiger partial charge is 0.356 e. The number of benzene rings is 1. The minimum atomic E-state index is -4.31. The number of aliphatic imine (C=N–C) groups is 1. The van der Waals surface area contributed by atoms with E-state index < -0.39 is 11.7 Å². The maximum absolute atomic E-state index is 13.2. The van der Waals surface area contributed by atoms with E-state index in [0.717, 1.165) is 70.2 Å². The molecular formula is C23H36F3N5. The number of nitrogens with zero attached hydrogens (tertiary/aromatic N) is 3. The van der Waals surface area contributed by atoms with Crippen molar-refractivity contribution in [2.24, 2.45) is 10.9 Å². The van der Waals surface area contributed by atoms with Crippen molar-refractivity contribution in [1.29, 1.82) is 0 Å². The van der Waals surface area contributed by atoms with E-state index in [1.807, 2.05) is 6.07 Å². The second-order valence-corrected chi connectivity index (χ2v) is 9.23. The molecule has 3 rings (SSSR count). The van der Waals surface area contributed by atoms with Gasteiger partial charge in [0.2, 0.25) is 0 Å². The van der Waals surface area contributed by atoms with Gasteiger partial charge in [-0.3, -0.25) is 4.99 Å². The average molecular weight is 440 g/mol. The van der Waals surface area contributed by atoms with E-state index in [-0.39, 0.29) is 5.41 Å². The van der Waals surface area contributed by atoms with Gasteiger partial charge in [-0.2, -0.15) is 13.2 Å². The summed E-state index contributed by atoms with van der Waals surface area (Å²) in [5.41, 5.74) is -0.0684. The van der Waals surface area contributed by atoms with Crippen LogP contribution in [0.5, 0.6) is 0 Å². The number of piperazine rings is 1. The summed E-state index contributed by atoms with van der Waals surface area (Å²) in [7, 11) is 3.89. The highest BCUT2D eigenvalue weighted by molar-refractivity contribution is 5.79. The first-order valence-corrected chi connectivity index (χ1v) is 11.2. The van der Waals surface area contributed by atoms with Crippen LogP contribution in [0, 0.1) is 5.92 Å². The highest BCUT2D eigenvalue weighted by Gasteiger charge is 2.40. The van der Waals surface area contributed by atoms with Crippen molar-refractivity contribution in [2.45, 2.75) is 37.8 Å². The van der Waals surface area contributed by atoms with Crippen molar-refractivity contribution in [3.8, 4) is 0 Å². The van der Waals surface area contributed by atoms with Gasteiger partial charge >= 0.3 is 6.18 Å². The molecule has 31 heavy (non-hydrogen) atoms. The summed E-state index contributed by atoms with van der Waals surface area (Å²) in [6.45, 7) is 9.10. The number of hydrogen-bond donors (Lipinski definition) is 2. The fourth-order valence-electron chi connectivity index (χ4n) is 4.48. The van der Waals surface area contributed by atoms with Crippen molar-refractivity contribution >= 4 is 5.96 Å². The summed E-state index contributed by atoms with van der Waals surface area (Å²) >= 11 is 0. The molecule has 1 atom stereocenters. The molecule has 2 fully saturated rings. The zero-order valence-electron chi connectivity index (χ0n) is 18.9. The summed E-state index contributed by atoms with van der Waals surface area (Å²) < 4.78 is 39.5. The molecule has 5 nitrogen and oxygen atoms in total. The van der Waals surface area contributed by atoms with Crippen molar-refractivity contribution in [3.63, 3.8) is 0 Å². The van der Waals surface area contributed by atoms with Crippen LogP contribution >= 0.6 is 0 Å². The van der Waals surface area contributed by atoms with Gasteiger partial charge in [0.1, 0.15) is 0 Å². The minimum Gasteiger partial charge on any atom is -0.356 e. The van der Waals surface area contributed by atoms with Crippen molar-refractivity contribution in [3.05, 3.63) is 35.4 Å². The first-order valence-electron chi connectivity index (χ1n) is 11.2. The highest BCUT2D eigenvalue weighted by atomic mass is 19.4. The van der Waals surface area contributed by atoms with Gasteiger partial charge in [0.15, 0.2) is 5.96 Å². The molecule has 2 aliphatic rings. The molecule has 1 aromatic carbocycles. The molecule has 1 aromatic rings. The third-order valence-corrected chi connectivity index (χ3v) is 6.71. The Labute approximate surface area is 184 Å². The van der Waals surface area contributed by atoms with Crippen LogP contribution in [0.15, 0.2) is 29.3 Å². The lowest BCUT2D eigenvalue weighted by Crippen LogP contribution is -2.50. The van der Waals surface area contributed by atoms with E-state index in [0.29, 0.717) is 18.4 Å². The number of nitrogens with one attached hydrogen (secondary N) is 2. The Kier molecular flexibility index (Phi) is 7.86. The van der Waals surface area contributed by atoms with Crippen LogP contribution in [0.2, 0.25) is 0 Å². The molecule has 0 aromatic heterocycles. The second-order valence-electron chi connectivity index (χ2n) is 9.23. The molecule has 1 unspecified atom stereocenters. The predicted molar refractivity (Wildman–Crippen MR) is 119 cm³/mol. The lowest BCUT2D eigenvalue weighted by molar-refractivity contribution is -0.137. The molecule has 2 N–H and O–H groups in total. The average Bonchev–Trinajstić information content (AvgIpc) is 2.70. The number of guanidine groups is 1. The lowest BCUT2D eigenvalue weighted by atomic mass is 9.64. The molecule has 1 aliphatic heterocycles. The number of alkyl halides is 3. The quantitative estimate of drug-likeness (QED) is 0.506. The fraction of sp³-hybridized carbons (Fsp3) is 0.696. The van der Waals surface area contributed by atoms with E-state index >= 15 is 0 Å². The van der Waals surface area contributed by atoms with Gasteiger partial charge in [-0.05, 0) is 37.4 Å². The summed E-state index contributed by atoms with van der Waals surface area (Å²) in [6.07, 6.45) is -1.51. The normalized spacial score (nSPS) is 21.4. The van der Waals surface area contributed by atoms with Gasteiger partial charge in [-0.25, -0.2) is 0 Å². The number of rotatable bonds is 7. The zero-order valence-corrected chi connectivity index (χ0v) is 18.9. The summed E-state index contributed by atoms with van der Waals surface area (Å²) in [4.78, 5) is 9.18. The third-order valence-electron chi connectivity index (χ3n) is 6.71. The Hall–Kier alpha value is -1.80. The molecule has 0 spiro atoms. The maximum atomic E-state index is 13.2. The third kappa shape index (κ3) is 6.35. The van der Waals surface area contributed by atoms with Gasteiger partial charge in [-0.15, -0.1) is 0 Å². The zero-order chi connectivity index (χ0) is 22.5. The Balaban J connectivity index is 1.51. The van der Waals surface area contributed by atoms with Gasteiger partial charge in [0.25, 0.3) is 0 Å². The molecular weight excluding hydrogens is 403 g/mol. The second kappa shape index (κ2) is 10.2. The van der Waals surface area contributed by atoms with Crippen LogP contribution < -0.4 is 10.6 Å². The Morgan fingerprint density at radius 3 is 2.45 bits per heavy atom. The van der Waals surface area contributed by atoms with Gasteiger partial charge < -0.3 is 20.4 Å². The van der Waals surface area contributed by atoms with Crippen LogP contribution in [0.4, 0.5) is 13.2 Å². The van der Waals surface area contributed by atoms with E-state index in [4.69, 9.17) is 0 Å². The molecule has 174 valence electrons. The van der Waals surface area contributed by atoms with E-state index in [9.17, 15) is 13.2 Å². The molecule has 0 radical (unpaired) electrons. The molecule has 8 heteroatoms. The van der Waals surface area contributed by atoms with Crippen LogP contribution in [0.3, 0.4) is 0 Å².